The summed E-state index contributed by atoms with van der Waals surface area (Å²) in [6.07, 6.45) is -1.17. The third kappa shape index (κ3) is 9.71. The van der Waals surface area contributed by atoms with E-state index in [2.05, 4.69) is 5.32 Å². The summed E-state index contributed by atoms with van der Waals surface area (Å²) >= 11 is 0. The van der Waals surface area contributed by atoms with Gasteiger partial charge in [-0.25, -0.2) is 0 Å². The molecule has 0 unspecified atom stereocenters. The number of aliphatic carboxylic acids is 1. The smallest absolute Gasteiger partial charge is 0.322 e. The lowest BCUT2D eigenvalue weighted by atomic mass is 10.1. The van der Waals surface area contributed by atoms with Crippen molar-refractivity contribution in [2.24, 2.45) is 17.2 Å². The van der Waals surface area contributed by atoms with Gasteiger partial charge in [0.2, 0.25) is 29.5 Å². The molecule has 14 nitrogen and oxygen atoms in total. The Hall–Kier alpha value is -3.26. The number of primary amides is 2. The van der Waals surface area contributed by atoms with Gasteiger partial charge >= 0.3 is 5.97 Å². The Morgan fingerprint density at radius 2 is 1.33 bits per heavy atom. The van der Waals surface area contributed by atoms with Crippen molar-refractivity contribution in [3.05, 3.63) is 0 Å². The summed E-state index contributed by atoms with van der Waals surface area (Å²) in [5.41, 5.74) is 15.3. The van der Waals surface area contributed by atoms with Crippen molar-refractivity contribution >= 4 is 35.5 Å². The van der Waals surface area contributed by atoms with E-state index in [1.165, 1.54) is 0 Å². The Bertz CT molecular complexity index is 610. The first-order chi connectivity index (χ1) is 12.5. The van der Waals surface area contributed by atoms with Crippen LogP contribution in [0.2, 0.25) is 0 Å². The maximum atomic E-state index is 12.1. The lowest BCUT2D eigenvalue weighted by Gasteiger charge is -2.22. The number of nitrogens with one attached hydrogen (secondary N) is 3. The molecular weight excluding hydrogens is 368 g/mol. The van der Waals surface area contributed by atoms with Crippen LogP contribution in [0.25, 0.3) is 0 Å². The quantitative estimate of drug-likeness (QED) is 0.157. The molecule has 0 saturated carbocycles. The van der Waals surface area contributed by atoms with Gasteiger partial charge in [-0.05, 0) is 0 Å². The molecule has 0 heterocycles. The molecule has 0 aliphatic carbocycles. The number of carbonyl (C=O) groups is 6. The van der Waals surface area contributed by atoms with E-state index in [9.17, 15) is 33.9 Å². The Morgan fingerprint density at radius 3 is 1.78 bits per heavy atom. The fourth-order valence-corrected chi connectivity index (χ4v) is 1.75. The van der Waals surface area contributed by atoms with Crippen LogP contribution in [0.1, 0.15) is 12.8 Å². The second kappa shape index (κ2) is 11.4. The molecule has 152 valence electrons. The number of amides is 5. The number of hydrogen-bond acceptors (Lipinski definition) is 8. The molecule has 14 heteroatoms. The molecule has 0 bridgehead atoms. The van der Waals surface area contributed by atoms with Crippen LogP contribution in [0.4, 0.5) is 0 Å². The summed E-state index contributed by atoms with van der Waals surface area (Å²) in [6.45, 7) is -1.67. The van der Waals surface area contributed by atoms with Crippen molar-refractivity contribution in [3.63, 3.8) is 0 Å². The van der Waals surface area contributed by atoms with Gasteiger partial charge in [-0.15, -0.1) is 0 Å². The molecular formula is C13H22N6O8. The summed E-state index contributed by atoms with van der Waals surface area (Å²) in [5.74, 6) is -6.26. The first kappa shape index (κ1) is 23.7. The number of carboxylic acid groups (broad SMARTS) is 1. The van der Waals surface area contributed by atoms with Gasteiger partial charge in [0.15, 0.2) is 0 Å². The number of rotatable bonds is 12. The molecule has 0 aliphatic rings. The SMILES string of the molecule is NC(=O)C[C@@H](N)C(=O)N[C@H](CO)C(=O)N[C@H](CC(N)=O)C(=O)NCC(=O)O. The zero-order valence-electron chi connectivity index (χ0n) is 14.1. The molecule has 0 saturated heterocycles. The maximum Gasteiger partial charge on any atom is 0.322 e. The number of carbonyl (C=O) groups excluding carboxylic acids is 5. The number of carboxylic acids is 1. The van der Waals surface area contributed by atoms with Crippen molar-refractivity contribution in [1.29, 1.82) is 0 Å². The minimum Gasteiger partial charge on any atom is -0.480 e. The van der Waals surface area contributed by atoms with E-state index in [1.807, 2.05) is 10.6 Å². The minimum absolute atomic E-state index is 0.506. The number of hydrogen-bond donors (Lipinski definition) is 8. The fourth-order valence-electron chi connectivity index (χ4n) is 1.75. The molecule has 3 atom stereocenters. The summed E-state index contributed by atoms with van der Waals surface area (Å²) in [5, 5.41) is 23.8. The molecule has 0 aromatic heterocycles. The van der Waals surface area contributed by atoms with E-state index >= 15 is 0 Å². The Kier molecular flexibility index (Phi) is 10.0. The molecule has 0 rings (SSSR count). The summed E-state index contributed by atoms with van der Waals surface area (Å²) in [4.78, 5) is 68.0. The second-order valence-electron chi connectivity index (χ2n) is 5.36. The molecule has 0 spiro atoms. The zero-order valence-corrected chi connectivity index (χ0v) is 14.1. The highest BCUT2D eigenvalue weighted by atomic mass is 16.4. The van der Waals surface area contributed by atoms with Gasteiger partial charge in [0.25, 0.3) is 0 Å². The predicted octanol–water partition coefficient (Wildman–Crippen LogP) is -5.77. The van der Waals surface area contributed by atoms with Crippen LogP contribution in [0.5, 0.6) is 0 Å². The molecule has 0 fully saturated rings. The van der Waals surface area contributed by atoms with E-state index < -0.39 is 79.6 Å². The van der Waals surface area contributed by atoms with Crippen LogP contribution in [0, 0.1) is 0 Å². The first-order valence-corrected chi connectivity index (χ1v) is 7.51. The lowest BCUT2D eigenvalue weighted by molar-refractivity contribution is -0.139. The van der Waals surface area contributed by atoms with E-state index in [-0.39, 0.29) is 0 Å². The molecule has 0 aliphatic heterocycles. The topological polar surface area (TPSA) is 257 Å². The first-order valence-electron chi connectivity index (χ1n) is 7.51. The van der Waals surface area contributed by atoms with Crippen LogP contribution in [0.15, 0.2) is 0 Å². The van der Waals surface area contributed by atoms with Crippen molar-refractivity contribution in [1.82, 2.24) is 16.0 Å². The Morgan fingerprint density at radius 1 is 0.815 bits per heavy atom. The number of aliphatic hydroxyl groups is 1. The van der Waals surface area contributed by atoms with Gasteiger partial charge in [-0.3, -0.25) is 28.8 Å². The highest BCUT2D eigenvalue weighted by Crippen LogP contribution is 1.96. The summed E-state index contributed by atoms with van der Waals surface area (Å²) < 4.78 is 0. The maximum absolute atomic E-state index is 12.1. The molecule has 5 amide bonds. The van der Waals surface area contributed by atoms with Crippen LogP contribution < -0.4 is 33.2 Å². The second-order valence-corrected chi connectivity index (χ2v) is 5.36. The van der Waals surface area contributed by atoms with Crippen LogP contribution in [-0.2, 0) is 28.8 Å². The van der Waals surface area contributed by atoms with Gasteiger partial charge < -0.3 is 43.4 Å². The third-order valence-corrected chi connectivity index (χ3v) is 3.03. The van der Waals surface area contributed by atoms with Gasteiger partial charge in [0, 0.05) is 0 Å². The summed E-state index contributed by atoms with van der Waals surface area (Å²) in [7, 11) is 0. The van der Waals surface area contributed by atoms with Crippen molar-refractivity contribution < 1.29 is 39.0 Å². The monoisotopic (exact) mass is 390 g/mol. The molecule has 0 aromatic carbocycles. The standard InChI is InChI=1S/C13H22N6O8/c14-5(1-8(15)21)11(25)19-7(4-20)13(27)18-6(2-9(16)22)12(26)17-3-10(23)24/h5-7,20H,1-4,14H2,(H2,15,21)(H2,16,22)(H,17,26)(H,18,27)(H,19,25)(H,23,24)/t5-,6-,7-/m1/s1. The highest BCUT2D eigenvalue weighted by Gasteiger charge is 2.29. The fraction of sp³-hybridized carbons (Fsp3) is 0.538. The van der Waals surface area contributed by atoms with Crippen molar-refractivity contribution in [2.45, 2.75) is 31.0 Å². The van der Waals surface area contributed by atoms with Crippen LogP contribution >= 0.6 is 0 Å². The van der Waals surface area contributed by atoms with Crippen LogP contribution in [0.3, 0.4) is 0 Å². The van der Waals surface area contributed by atoms with E-state index in [1.54, 1.807) is 0 Å². The molecule has 27 heavy (non-hydrogen) atoms. The van der Waals surface area contributed by atoms with Gasteiger partial charge in [0.1, 0.15) is 18.6 Å². The van der Waals surface area contributed by atoms with Crippen LogP contribution in [-0.4, -0.2) is 77.0 Å². The van der Waals surface area contributed by atoms with Gasteiger partial charge in [-0.2, -0.15) is 0 Å². The average molecular weight is 390 g/mol. The van der Waals surface area contributed by atoms with Crippen molar-refractivity contribution in [3.8, 4) is 0 Å². The Balaban J connectivity index is 5.00. The molecule has 0 aromatic rings. The van der Waals surface area contributed by atoms with E-state index in [4.69, 9.17) is 22.3 Å². The van der Waals surface area contributed by atoms with E-state index in [0.29, 0.717) is 0 Å². The highest BCUT2D eigenvalue weighted by molar-refractivity contribution is 5.96. The minimum atomic E-state index is -1.57. The van der Waals surface area contributed by atoms with Gasteiger partial charge in [0.05, 0.1) is 25.5 Å². The zero-order chi connectivity index (χ0) is 21.1. The largest absolute Gasteiger partial charge is 0.480 e. The number of aliphatic hydroxyl groups excluding tert-OH is 1. The summed E-state index contributed by atoms with van der Waals surface area (Å²) in [6, 6.07) is -4.48. The van der Waals surface area contributed by atoms with Gasteiger partial charge in [-0.1, -0.05) is 0 Å². The van der Waals surface area contributed by atoms with E-state index in [0.717, 1.165) is 0 Å². The Labute approximate surface area is 152 Å². The lowest BCUT2D eigenvalue weighted by Crippen LogP contribution is -2.58. The number of nitrogens with two attached hydrogens (primary N) is 3. The van der Waals surface area contributed by atoms with Crippen molar-refractivity contribution in [2.75, 3.05) is 13.2 Å². The molecule has 0 radical (unpaired) electrons. The average Bonchev–Trinajstić information content (AvgIpc) is 2.55. The predicted molar refractivity (Wildman–Crippen MR) is 87.2 cm³/mol. The third-order valence-electron chi connectivity index (χ3n) is 3.03. The molecule has 11 N–H and O–H groups in total. The normalized spacial score (nSPS) is 13.6.